The molecule has 27 heavy (non-hydrogen) atoms. The van der Waals surface area contributed by atoms with E-state index in [0.29, 0.717) is 30.6 Å². The summed E-state index contributed by atoms with van der Waals surface area (Å²) in [5, 5.41) is 9.22. The van der Waals surface area contributed by atoms with E-state index < -0.39 is 0 Å². The fourth-order valence-electron chi connectivity index (χ4n) is 4.99. The van der Waals surface area contributed by atoms with Crippen LogP contribution in [0.4, 0.5) is 5.69 Å². The molecule has 3 aliphatic rings. The first kappa shape index (κ1) is 18.3. The van der Waals surface area contributed by atoms with Crippen LogP contribution in [-0.4, -0.2) is 50.2 Å². The Morgan fingerprint density at radius 2 is 2.15 bits per heavy atom. The standard InChI is InChI=1S/C22H29N3O2/c1-17-10-19(11-17)21(26)25-7-3-6-22(15-25)14-24(8-9-27-16-22)20-5-2-4-18(12-20)13-23/h2,4-5,12,17,19H,3,6-11,14-16H2,1H3. The van der Waals surface area contributed by atoms with Gasteiger partial charge in [-0.05, 0) is 49.8 Å². The molecule has 0 radical (unpaired) electrons. The Bertz CT molecular complexity index is 737. The van der Waals surface area contributed by atoms with Gasteiger partial charge in [0.25, 0.3) is 0 Å². The van der Waals surface area contributed by atoms with Gasteiger partial charge in [0.2, 0.25) is 5.91 Å². The van der Waals surface area contributed by atoms with E-state index in [1.165, 1.54) is 0 Å². The van der Waals surface area contributed by atoms with Gasteiger partial charge in [-0.1, -0.05) is 13.0 Å². The largest absolute Gasteiger partial charge is 0.379 e. The number of hydrogen-bond donors (Lipinski definition) is 0. The van der Waals surface area contributed by atoms with E-state index in [1.54, 1.807) is 0 Å². The van der Waals surface area contributed by atoms with Crippen molar-refractivity contribution in [1.29, 1.82) is 5.26 Å². The first-order valence-electron chi connectivity index (χ1n) is 10.2. The Kier molecular flexibility index (Phi) is 5.10. The Hall–Kier alpha value is -2.06. The Balaban J connectivity index is 1.50. The number of nitriles is 1. The van der Waals surface area contributed by atoms with E-state index in [4.69, 9.17) is 4.74 Å². The molecular formula is C22H29N3O2. The van der Waals surface area contributed by atoms with Crippen molar-refractivity contribution in [2.45, 2.75) is 32.6 Å². The molecule has 4 rings (SSSR count). The lowest BCUT2D eigenvalue weighted by Gasteiger charge is -2.46. The molecule has 1 atom stereocenters. The van der Waals surface area contributed by atoms with E-state index in [0.717, 1.165) is 57.5 Å². The zero-order valence-corrected chi connectivity index (χ0v) is 16.2. The average Bonchev–Trinajstić information content (AvgIpc) is 2.87. The van der Waals surface area contributed by atoms with Crippen LogP contribution in [0.1, 0.15) is 38.2 Å². The summed E-state index contributed by atoms with van der Waals surface area (Å²) in [6, 6.07) is 10.0. The van der Waals surface area contributed by atoms with Gasteiger partial charge in [-0.2, -0.15) is 5.26 Å². The van der Waals surface area contributed by atoms with Crippen LogP contribution < -0.4 is 4.90 Å². The van der Waals surface area contributed by atoms with E-state index in [2.05, 4.69) is 28.9 Å². The number of likely N-dealkylation sites (tertiary alicyclic amines) is 1. The third kappa shape index (κ3) is 3.82. The van der Waals surface area contributed by atoms with Crippen LogP contribution in [-0.2, 0) is 9.53 Å². The molecule has 1 aromatic carbocycles. The molecule has 1 amide bonds. The molecule has 0 N–H and O–H groups in total. The van der Waals surface area contributed by atoms with Crippen molar-refractivity contribution in [1.82, 2.24) is 4.90 Å². The highest BCUT2D eigenvalue weighted by molar-refractivity contribution is 5.80. The molecule has 1 aromatic rings. The minimum atomic E-state index is -0.0115. The lowest BCUT2D eigenvalue weighted by atomic mass is 9.74. The maximum Gasteiger partial charge on any atom is 0.225 e. The number of nitrogens with zero attached hydrogens (tertiary/aromatic N) is 3. The summed E-state index contributed by atoms with van der Waals surface area (Å²) in [7, 11) is 0. The van der Waals surface area contributed by atoms with Gasteiger partial charge in [-0.25, -0.2) is 0 Å². The normalized spacial score (nSPS) is 31.1. The van der Waals surface area contributed by atoms with Crippen LogP contribution in [0, 0.1) is 28.6 Å². The zero-order valence-electron chi connectivity index (χ0n) is 16.2. The third-order valence-corrected chi connectivity index (χ3v) is 6.48. The second-order valence-corrected chi connectivity index (χ2v) is 8.77. The van der Waals surface area contributed by atoms with E-state index >= 15 is 0 Å². The fourth-order valence-corrected chi connectivity index (χ4v) is 4.99. The highest BCUT2D eigenvalue weighted by Crippen LogP contribution is 2.39. The number of piperidine rings is 1. The maximum absolute atomic E-state index is 12.9. The minimum absolute atomic E-state index is 0.0115. The van der Waals surface area contributed by atoms with Gasteiger partial charge in [0.05, 0.1) is 24.8 Å². The van der Waals surface area contributed by atoms with Gasteiger partial charge in [-0.15, -0.1) is 0 Å². The summed E-state index contributed by atoms with van der Waals surface area (Å²) in [6.07, 6.45) is 4.23. The number of rotatable bonds is 2. The molecule has 0 aromatic heterocycles. The van der Waals surface area contributed by atoms with Gasteiger partial charge in [0.1, 0.15) is 0 Å². The lowest BCUT2D eigenvalue weighted by molar-refractivity contribution is -0.144. The summed E-state index contributed by atoms with van der Waals surface area (Å²) in [5.41, 5.74) is 1.75. The van der Waals surface area contributed by atoms with Gasteiger partial charge < -0.3 is 14.5 Å². The highest BCUT2D eigenvalue weighted by atomic mass is 16.5. The van der Waals surface area contributed by atoms with Crippen LogP contribution in [0.25, 0.3) is 0 Å². The van der Waals surface area contributed by atoms with Gasteiger partial charge >= 0.3 is 0 Å². The Labute approximate surface area is 161 Å². The van der Waals surface area contributed by atoms with Crippen LogP contribution in [0.5, 0.6) is 0 Å². The Morgan fingerprint density at radius 3 is 2.93 bits per heavy atom. The second kappa shape index (κ2) is 7.52. The molecule has 2 aliphatic heterocycles. The van der Waals surface area contributed by atoms with Crippen molar-refractivity contribution in [3.63, 3.8) is 0 Å². The fraction of sp³-hybridized carbons (Fsp3) is 0.636. The first-order valence-corrected chi connectivity index (χ1v) is 10.2. The number of carbonyl (C=O) groups is 1. The number of hydrogen-bond acceptors (Lipinski definition) is 4. The van der Waals surface area contributed by atoms with Crippen molar-refractivity contribution >= 4 is 11.6 Å². The molecule has 2 heterocycles. The summed E-state index contributed by atoms with van der Waals surface area (Å²) in [4.78, 5) is 17.4. The number of anilines is 1. The summed E-state index contributed by atoms with van der Waals surface area (Å²) in [5.74, 6) is 1.29. The number of benzene rings is 1. The molecule has 1 saturated carbocycles. The number of carbonyl (C=O) groups excluding carboxylic acids is 1. The molecule has 1 aliphatic carbocycles. The molecule has 3 fully saturated rings. The topological polar surface area (TPSA) is 56.6 Å². The zero-order chi connectivity index (χ0) is 18.9. The van der Waals surface area contributed by atoms with Crippen LogP contribution in [0.15, 0.2) is 24.3 Å². The number of amides is 1. The van der Waals surface area contributed by atoms with Crippen LogP contribution in [0.2, 0.25) is 0 Å². The predicted octanol–water partition coefficient (Wildman–Crippen LogP) is 3.05. The van der Waals surface area contributed by atoms with E-state index in [-0.39, 0.29) is 11.3 Å². The SMILES string of the molecule is CC1CC(C(=O)N2CCCC3(COCCN(c4cccc(C#N)c4)C3)C2)C1. The van der Waals surface area contributed by atoms with Crippen LogP contribution in [0.3, 0.4) is 0 Å². The van der Waals surface area contributed by atoms with Gasteiger partial charge in [-0.3, -0.25) is 4.79 Å². The molecule has 144 valence electrons. The molecule has 1 spiro atoms. The molecule has 1 unspecified atom stereocenters. The third-order valence-electron chi connectivity index (χ3n) is 6.48. The predicted molar refractivity (Wildman–Crippen MR) is 104 cm³/mol. The van der Waals surface area contributed by atoms with Crippen molar-refractivity contribution in [2.75, 3.05) is 44.3 Å². The molecular weight excluding hydrogens is 338 g/mol. The summed E-state index contributed by atoms with van der Waals surface area (Å²) in [6.45, 7) is 7.02. The molecule has 5 nitrogen and oxygen atoms in total. The van der Waals surface area contributed by atoms with E-state index in [9.17, 15) is 10.1 Å². The van der Waals surface area contributed by atoms with Crippen molar-refractivity contribution in [2.24, 2.45) is 17.3 Å². The van der Waals surface area contributed by atoms with Crippen molar-refractivity contribution in [3.05, 3.63) is 29.8 Å². The monoisotopic (exact) mass is 367 g/mol. The highest BCUT2D eigenvalue weighted by Gasteiger charge is 2.43. The smallest absolute Gasteiger partial charge is 0.225 e. The van der Waals surface area contributed by atoms with Crippen molar-refractivity contribution < 1.29 is 9.53 Å². The summed E-state index contributed by atoms with van der Waals surface area (Å²) >= 11 is 0. The Morgan fingerprint density at radius 1 is 1.30 bits per heavy atom. The number of ether oxygens (including phenoxy) is 1. The van der Waals surface area contributed by atoms with Crippen molar-refractivity contribution in [3.8, 4) is 6.07 Å². The van der Waals surface area contributed by atoms with E-state index in [1.807, 2.05) is 18.2 Å². The first-order chi connectivity index (χ1) is 13.1. The lowest BCUT2D eigenvalue weighted by Crippen LogP contribution is -2.54. The maximum atomic E-state index is 12.9. The minimum Gasteiger partial charge on any atom is -0.379 e. The molecule has 0 bridgehead atoms. The average molecular weight is 367 g/mol. The summed E-state index contributed by atoms with van der Waals surface area (Å²) < 4.78 is 6.00. The van der Waals surface area contributed by atoms with Crippen LogP contribution >= 0.6 is 0 Å². The quantitative estimate of drug-likeness (QED) is 0.806. The molecule has 5 heteroatoms. The van der Waals surface area contributed by atoms with Gasteiger partial charge in [0.15, 0.2) is 0 Å². The molecule has 2 saturated heterocycles. The van der Waals surface area contributed by atoms with Gasteiger partial charge in [0, 0.05) is 43.2 Å². The second-order valence-electron chi connectivity index (χ2n) is 8.77.